The van der Waals surface area contributed by atoms with E-state index in [-0.39, 0.29) is 23.7 Å². The van der Waals surface area contributed by atoms with E-state index in [0.29, 0.717) is 31.9 Å². The fourth-order valence-corrected chi connectivity index (χ4v) is 8.10. The standard InChI is InChI=1S/C32H21Br2ClN2O3/c33-23-13-17(14-24(34)30(23)40-16-18-7-1-6-12-25(18)35)15-36-37-31(38)28-26-19-8-2-3-9-20(19)27(29(28)32(37)39)22-11-5-4-10-21(22)26/h1-15,26-29H,16H2/b36-15-/t26?,27?,28-,29+. The highest BCUT2D eigenvalue weighted by Gasteiger charge is 2.61. The van der Waals surface area contributed by atoms with E-state index in [4.69, 9.17) is 16.3 Å². The van der Waals surface area contributed by atoms with Crippen LogP contribution in [-0.2, 0) is 16.2 Å². The summed E-state index contributed by atoms with van der Waals surface area (Å²) in [6, 6.07) is 27.6. The van der Waals surface area contributed by atoms with Gasteiger partial charge in [0, 0.05) is 22.4 Å². The summed E-state index contributed by atoms with van der Waals surface area (Å²) in [7, 11) is 0. The van der Waals surface area contributed by atoms with Gasteiger partial charge in [-0.2, -0.15) is 10.1 Å². The fourth-order valence-electron chi connectivity index (χ4n) is 6.46. The van der Waals surface area contributed by atoms with Crippen molar-refractivity contribution >= 4 is 61.5 Å². The molecule has 0 N–H and O–H groups in total. The summed E-state index contributed by atoms with van der Waals surface area (Å²) in [6.07, 6.45) is 1.54. The minimum atomic E-state index is -0.460. The van der Waals surface area contributed by atoms with E-state index >= 15 is 0 Å². The largest absolute Gasteiger partial charge is 0.486 e. The molecule has 2 bridgehead atoms. The summed E-state index contributed by atoms with van der Waals surface area (Å²) in [6.45, 7) is 0.303. The average molecular weight is 677 g/mol. The summed E-state index contributed by atoms with van der Waals surface area (Å²) >= 11 is 13.4. The highest BCUT2D eigenvalue weighted by atomic mass is 79.9. The average Bonchev–Trinajstić information content (AvgIpc) is 3.22. The van der Waals surface area contributed by atoms with Gasteiger partial charge in [-0.05, 0) is 77.9 Å². The van der Waals surface area contributed by atoms with Crippen LogP contribution in [0, 0.1) is 11.8 Å². The molecule has 8 heteroatoms. The Hall–Kier alpha value is -3.26. The zero-order valence-electron chi connectivity index (χ0n) is 20.9. The Labute approximate surface area is 253 Å². The van der Waals surface area contributed by atoms with Crippen LogP contribution >= 0.6 is 43.5 Å². The maximum Gasteiger partial charge on any atom is 0.254 e. The summed E-state index contributed by atoms with van der Waals surface area (Å²) in [5.41, 5.74) is 6.13. The number of imide groups is 1. The molecule has 198 valence electrons. The summed E-state index contributed by atoms with van der Waals surface area (Å²) in [5.74, 6) is -1.11. The van der Waals surface area contributed by atoms with Crippen LogP contribution in [0.4, 0.5) is 0 Å². The van der Waals surface area contributed by atoms with Gasteiger partial charge in [0.15, 0.2) is 0 Å². The van der Waals surface area contributed by atoms with Crippen LogP contribution < -0.4 is 4.74 Å². The molecule has 0 spiro atoms. The number of nitrogens with zero attached hydrogens (tertiary/aromatic N) is 2. The molecule has 4 aromatic carbocycles. The number of carbonyl (C=O) groups excluding carboxylic acids is 2. The van der Waals surface area contributed by atoms with E-state index in [2.05, 4.69) is 61.2 Å². The fraction of sp³-hybridized carbons (Fsp3) is 0.156. The Morgan fingerprint density at radius 1 is 0.775 bits per heavy atom. The van der Waals surface area contributed by atoms with Crippen LogP contribution in [0.25, 0.3) is 0 Å². The first-order valence-corrected chi connectivity index (χ1v) is 14.8. The van der Waals surface area contributed by atoms with Gasteiger partial charge in [0.1, 0.15) is 12.4 Å². The number of benzene rings is 4. The van der Waals surface area contributed by atoms with Crippen molar-refractivity contribution < 1.29 is 14.3 Å². The molecule has 4 aromatic rings. The van der Waals surface area contributed by atoms with Crippen molar-refractivity contribution in [3.8, 4) is 5.75 Å². The third kappa shape index (κ3) is 3.98. The number of ether oxygens (including phenoxy) is 1. The third-order valence-corrected chi connectivity index (χ3v) is 9.64. The quantitative estimate of drug-likeness (QED) is 0.161. The lowest BCUT2D eigenvalue weighted by Crippen LogP contribution is -2.41. The van der Waals surface area contributed by atoms with E-state index < -0.39 is 11.8 Å². The Kier molecular flexibility index (Phi) is 6.41. The zero-order valence-corrected chi connectivity index (χ0v) is 24.9. The lowest BCUT2D eigenvalue weighted by molar-refractivity contribution is -0.139. The molecule has 3 aliphatic carbocycles. The van der Waals surface area contributed by atoms with Crippen LogP contribution in [0.3, 0.4) is 0 Å². The zero-order chi connectivity index (χ0) is 27.5. The number of carbonyl (C=O) groups is 2. The molecule has 0 radical (unpaired) electrons. The summed E-state index contributed by atoms with van der Waals surface area (Å²) in [5, 5.41) is 6.15. The predicted molar refractivity (Wildman–Crippen MR) is 161 cm³/mol. The molecule has 1 aliphatic heterocycles. The number of hydrogen-bond donors (Lipinski definition) is 0. The van der Waals surface area contributed by atoms with Crippen LogP contribution in [0.2, 0.25) is 5.02 Å². The Bertz CT molecular complexity index is 1600. The van der Waals surface area contributed by atoms with Crippen molar-refractivity contribution in [3.63, 3.8) is 0 Å². The predicted octanol–water partition coefficient (Wildman–Crippen LogP) is 7.67. The minimum absolute atomic E-state index is 0.156. The first-order valence-electron chi connectivity index (χ1n) is 12.9. The smallest absolute Gasteiger partial charge is 0.254 e. The summed E-state index contributed by atoms with van der Waals surface area (Å²) < 4.78 is 7.42. The van der Waals surface area contributed by atoms with Crippen LogP contribution in [-0.4, -0.2) is 23.0 Å². The molecule has 1 saturated heterocycles. The number of halogens is 3. The van der Waals surface area contributed by atoms with E-state index in [0.717, 1.165) is 32.8 Å². The maximum atomic E-state index is 13.8. The first-order chi connectivity index (χ1) is 19.4. The van der Waals surface area contributed by atoms with Gasteiger partial charge in [0.25, 0.3) is 11.8 Å². The normalized spacial score (nSPS) is 22.4. The van der Waals surface area contributed by atoms with Gasteiger partial charge >= 0.3 is 0 Å². The molecule has 2 atom stereocenters. The molecule has 0 unspecified atom stereocenters. The van der Waals surface area contributed by atoms with Crippen molar-refractivity contribution in [3.05, 3.63) is 132 Å². The second-order valence-electron chi connectivity index (χ2n) is 10.2. The maximum absolute atomic E-state index is 13.8. The molecule has 0 aromatic heterocycles. The number of rotatable bonds is 5. The van der Waals surface area contributed by atoms with Crippen molar-refractivity contribution in [2.45, 2.75) is 18.4 Å². The first kappa shape index (κ1) is 25.7. The molecule has 40 heavy (non-hydrogen) atoms. The molecule has 5 nitrogen and oxygen atoms in total. The van der Waals surface area contributed by atoms with Crippen molar-refractivity contribution in [2.24, 2.45) is 16.9 Å². The van der Waals surface area contributed by atoms with Gasteiger partial charge in [-0.25, -0.2) is 0 Å². The Balaban J connectivity index is 1.17. The molecular formula is C32H21Br2ClN2O3. The van der Waals surface area contributed by atoms with Crippen molar-refractivity contribution in [2.75, 3.05) is 0 Å². The van der Waals surface area contributed by atoms with Crippen molar-refractivity contribution in [1.82, 2.24) is 5.01 Å². The van der Waals surface area contributed by atoms with Gasteiger partial charge in [-0.1, -0.05) is 78.3 Å². The minimum Gasteiger partial charge on any atom is -0.486 e. The Morgan fingerprint density at radius 3 is 1.75 bits per heavy atom. The lowest BCUT2D eigenvalue weighted by atomic mass is 9.55. The number of amides is 2. The highest BCUT2D eigenvalue weighted by Crippen LogP contribution is 2.61. The van der Waals surface area contributed by atoms with E-state index in [1.807, 2.05) is 60.7 Å². The molecule has 0 saturated carbocycles. The topological polar surface area (TPSA) is 59.0 Å². The highest BCUT2D eigenvalue weighted by molar-refractivity contribution is 9.11. The van der Waals surface area contributed by atoms with E-state index in [9.17, 15) is 9.59 Å². The molecule has 4 aliphatic rings. The van der Waals surface area contributed by atoms with E-state index in [1.54, 1.807) is 6.21 Å². The molecular weight excluding hydrogens is 656 g/mol. The second-order valence-corrected chi connectivity index (χ2v) is 12.3. The third-order valence-electron chi connectivity index (χ3n) is 8.10. The monoisotopic (exact) mass is 674 g/mol. The van der Waals surface area contributed by atoms with Crippen molar-refractivity contribution in [1.29, 1.82) is 0 Å². The second kappa shape index (κ2) is 9.98. The molecule has 8 rings (SSSR count). The van der Waals surface area contributed by atoms with Gasteiger partial charge in [0.2, 0.25) is 0 Å². The van der Waals surface area contributed by atoms with Gasteiger partial charge in [-0.3, -0.25) is 9.59 Å². The van der Waals surface area contributed by atoms with Crippen LogP contribution in [0.5, 0.6) is 5.75 Å². The van der Waals surface area contributed by atoms with Gasteiger partial charge in [-0.15, -0.1) is 0 Å². The van der Waals surface area contributed by atoms with Gasteiger partial charge in [0.05, 0.1) is 27.0 Å². The lowest BCUT2D eigenvalue weighted by Gasteiger charge is -2.45. The van der Waals surface area contributed by atoms with E-state index in [1.165, 1.54) is 0 Å². The molecule has 2 amide bonds. The SMILES string of the molecule is O=C1[C@@H]2C3c4ccccc4C(c4ccccc43)[C@@H]2C(=O)N1/N=C\c1cc(Br)c(OCc2ccccc2Cl)c(Br)c1. The van der Waals surface area contributed by atoms with Crippen LogP contribution in [0.1, 0.15) is 45.2 Å². The summed E-state index contributed by atoms with van der Waals surface area (Å²) in [4.78, 5) is 27.5. The number of hydrazone groups is 1. The Morgan fingerprint density at radius 2 is 1.25 bits per heavy atom. The van der Waals surface area contributed by atoms with Gasteiger partial charge < -0.3 is 4.74 Å². The van der Waals surface area contributed by atoms with Crippen LogP contribution in [0.15, 0.2) is 99.0 Å². The molecule has 1 heterocycles. The molecule has 1 fully saturated rings. The number of hydrogen-bond acceptors (Lipinski definition) is 4.